The first-order valence-corrected chi connectivity index (χ1v) is 16.8. The zero-order chi connectivity index (χ0) is 29.4. The quantitative estimate of drug-likeness (QED) is 0.380. The van der Waals surface area contributed by atoms with Gasteiger partial charge in [-0.3, -0.25) is 9.69 Å². The molecule has 2 aromatic carbocycles. The van der Waals surface area contributed by atoms with Crippen LogP contribution in [0.15, 0.2) is 41.8 Å². The van der Waals surface area contributed by atoms with E-state index in [2.05, 4.69) is 53.3 Å². The summed E-state index contributed by atoms with van der Waals surface area (Å²) in [5.41, 5.74) is 5.64. The molecule has 2 atom stereocenters. The summed E-state index contributed by atoms with van der Waals surface area (Å²) < 4.78 is 29.8. The van der Waals surface area contributed by atoms with Gasteiger partial charge in [0.25, 0.3) is 0 Å². The number of anilines is 1. The summed E-state index contributed by atoms with van der Waals surface area (Å²) in [6.45, 7) is 11.7. The maximum Gasteiger partial charge on any atom is 0.309 e. The van der Waals surface area contributed by atoms with Gasteiger partial charge in [-0.25, -0.2) is 13.4 Å². The molecule has 3 aromatic rings. The van der Waals surface area contributed by atoms with Gasteiger partial charge in [-0.2, -0.15) is 0 Å². The van der Waals surface area contributed by atoms with Crippen LogP contribution < -0.4 is 9.64 Å². The van der Waals surface area contributed by atoms with Crippen molar-refractivity contribution in [1.29, 1.82) is 0 Å². The van der Waals surface area contributed by atoms with E-state index in [4.69, 9.17) is 9.72 Å². The number of aryl methyl sites for hydroxylation is 2. The van der Waals surface area contributed by atoms with Crippen molar-refractivity contribution in [3.8, 4) is 17.0 Å². The Labute approximate surface area is 246 Å². The SMILES string of the molecule is Cc1ccc(OCc2ccc(CN3CCS(=O)(=O)CC3)cc2C)c(-c2csc(N3CCC(C)(C(=O)O)C(C)C3)n2)c1. The third kappa shape index (κ3) is 6.60. The number of hydrogen-bond donors (Lipinski definition) is 1. The van der Waals surface area contributed by atoms with Crippen LogP contribution in [0.3, 0.4) is 0 Å². The summed E-state index contributed by atoms with van der Waals surface area (Å²) in [6.07, 6.45) is 0.593. The Bertz CT molecular complexity index is 1520. The van der Waals surface area contributed by atoms with E-state index < -0.39 is 21.2 Å². The Morgan fingerprint density at radius 2 is 1.90 bits per heavy atom. The Kier molecular flexibility index (Phi) is 8.46. The molecule has 1 N–H and O–H groups in total. The monoisotopic (exact) mass is 597 g/mol. The second-order valence-corrected chi connectivity index (χ2v) is 15.0. The number of aliphatic carboxylic acids is 1. The number of carboxylic acids is 1. The van der Waals surface area contributed by atoms with E-state index in [1.807, 2.05) is 26.0 Å². The maximum absolute atomic E-state index is 11.8. The van der Waals surface area contributed by atoms with Crippen LogP contribution in [0.5, 0.6) is 5.75 Å². The lowest BCUT2D eigenvalue weighted by Gasteiger charge is -2.41. The second-order valence-electron chi connectivity index (χ2n) is 11.8. The van der Waals surface area contributed by atoms with Crippen LogP contribution in [0.2, 0.25) is 0 Å². The van der Waals surface area contributed by atoms with Gasteiger partial charge in [0.1, 0.15) is 12.4 Å². The van der Waals surface area contributed by atoms with Crippen LogP contribution in [-0.2, 0) is 27.8 Å². The number of nitrogens with zero attached hydrogens (tertiary/aromatic N) is 3. The summed E-state index contributed by atoms with van der Waals surface area (Å²) >= 11 is 1.58. The highest BCUT2D eigenvalue weighted by atomic mass is 32.2. The molecule has 2 aliphatic rings. The fourth-order valence-corrected chi connectivity index (χ4v) is 7.71. The number of rotatable bonds is 8. The summed E-state index contributed by atoms with van der Waals surface area (Å²) in [5, 5.41) is 12.7. The molecular formula is C31H39N3O5S2. The van der Waals surface area contributed by atoms with Gasteiger partial charge in [-0.15, -0.1) is 11.3 Å². The van der Waals surface area contributed by atoms with E-state index in [9.17, 15) is 18.3 Å². The minimum Gasteiger partial charge on any atom is -0.488 e. The average molecular weight is 598 g/mol. The van der Waals surface area contributed by atoms with Gasteiger partial charge in [0.2, 0.25) is 0 Å². The molecule has 0 aliphatic carbocycles. The number of carbonyl (C=O) groups is 1. The molecule has 0 saturated carbocycles. The molecular weight excluding hydrogens is 558 g/mol. The maximum atomic E-state index is 11.8. The van der Waals surface area contributed by atoms with Crippen molar-refractivity contribution in [2.45, 2.75) is 47.3 Å². The highest BCUT2D eigenvalue weighted by Gasteiger charge is 2.43. The molecule has 0 spiro atoms. The molecule has 2 unspecified atom stereocenters. The van der Waals surface area contributed by atoms with E-state index >= 15 is 0 Å². The smallest absolute Gasteiger partial charge is 0.309 e. The summed E-state index contributed by atoms with van der Waals surface area (Å²) in [7, 11) is -2.88. The lowest BCUT2D eigenvalue weighted by molar-refractivity contribution is -0.152. The molecule has 2 saturated heterocycles. The highest BCUT2D eigenvalue weighted by molar-refractivity contribution is 7.91. The van der Waals surface area contributed by atoms with Crippen molar-refractivity contribution in [2.75, 3.05) is 42.6 Å². The van der Waals surface area contributed by atoms with Crippen LogP contribution in [0.1, 0.15) is 42.5 Å². The van der Waals surface area contributed by atoms with Crippen molar-refractivity contribution in [3.05, 3.63) is 64.0 Å². The van der Waals surface area contributed by atoms with Crippen molar-refractivity contribution in [3.63, 3.8) is 0 Å². The van der Waals surface area contributed by atoms with Gasteiger partial charge in [0, 0.05) is 43.7 Å². The van der Waals surface area contributed by atoms with Crippen molar-refractivity contribution < 1.29 is 23.1 Å². The Morgan fingerprint density at radius 1 is 1.15 bits per heavy atom. The van der Waals surface area contributed by atoms with E-state index in [0.29, 0.717) is 39.2 Å². The van der Waals surface area contributed by atoms with Gasteiger partial charge in [0.05, 0.1) is 22.6 Å². The normalized spacial score (nSPS) is 22.9. The molecule has 41 heavy (non-hydrogen) atoms. The van der Waals surface area contributed by atoms with Crippen molar-refractivity contribution >= 4 is 32.3 Å². The number of aromatic nitrogens is 1. The van der Waals surface area contributed by atoms with Crippen LogP contribution in [0.25, 0.3) is 11.3 Å². The minimum absolute atomic E-state index is 0.0181. The number of piperidine rings is 1. The minimum atomic E-state index is -2.88. The topological polar surface area (TPSA) is 100 Å². The van der Waals surface area contributed by atoms with Crippen LogP contribution in [0.4, 0.5) is 5.13 Å². The Balaban J connectivity index is 1.26. The molecule has 2 fully saturated rings. The first-order valence-electron chi connectivity index (χ1n) is 14.1. The molecule has 3 heterocycles. The predicted octanol–water partition coefficient (Wildman–Crippen LogP) is 5.17. The molecule has 220 valence electrons. The number of thiazole rings is 1. The lowest BCUT2D eigenvalue weighted by atomic mass is 9.73. The second kappa shape index (κ2) is 11.7. The first-order chi connectivity index (χ1) is 19.4. The van der Waals surface area contributed by atoms with Crippen molar-refractivity contribution in [2.24, 2.45) is 11.3 Å². The van der Waals surface area contributed by atoms with Gasteiger partial charge < -0.3 is 14.7 Å². The third-order valence-electron chi connectivity index (χ3n) is 8.78. The molecule has 10 heteroatoms. The number of hydrogen-bond acceptors (Lipinski definition) is 8. The molecule has 0 amide bonds. The van der Waals surface area contributed by atoms with E-state index in [1.54, 1.807) is 11.3 Å². The number of benzene rings is 2. The first kappa shape index (κ1) is 29.5. The molecule has 0 bridgehead atoms. The van der Waals surface area contributed by atoms with Crippen molar-refractivity contribution in [1.82, 2.24) is 9.88 Å². The predicted molar refractivity (Wildman–Crippen MR) is 163 cm³/mol. The van der Waals surface area contributed by atoms with Gasteiger partial charge in [-0.1, -0.05) is 36.8 Å². The molecule has 1 aromatic heterocycles. The third-order valence-corrected chi connectivity index (χ3v) is 11.3. The number of carboxylic acid groups (broad SMARTS) is 1. The number of sulfone groups is 1. The van der Waals surface area contributed by atoms with Crippen LogP contribution in [-0.4, -0.2) is 67.1 Å². The Morgan fingerprint density at radius 3 is 2.59 bits per heavy atom. The standard InChI is InChI=1S/C31H39N3O5S2/c1-21-5-8-28(39-19-25-7-6-24(16-22(25)2)18-33-11-13-41(37,38)14-12-33)26(15-21)27-20-40-30(32-27)34-10-9-31(4,29(35)36)23(3)17-34/h5-8,15-16,20,23H,9-14,17-19H2,1-4H3,(H,35,36). The van der Waals surface area contributed by atoms with E-state index in [1.165, 1.54) is 5.56 Å². The van der Waals surface area contributed by atoms with Crippen LogP contribution in [0, 0.1) is 25.2 Å². The molecule has 0 radical (unpaired) electrons. The lowest BCUT2D eigenvalue weighted by Crippen LogP contribution is -2.48. The zero-order valence-corrected chi connectivity index (χ0v) is 25.9. The fourth-order valence-electron chi connectivity index (χ4n) is 5.57. The Hall–Kier alpha value is -2.95. The van der Waals surface area contributed by atoms with Gasteiger partial charge >= 0.3 is 5.97 Å². The van der Waals surface area contributed by atoms with Crippen LogP contribution >= 0.6 is 11.3 Å². The molecule has 5 rings (SSSR count). The zero-order valence-electron chi connectivity index (χ0n) is 24.2. The molecule has 2 aliphatic heterocycles. The van der Waals surface area contributed by atoms with Gasteiger partial charge in [-0.05, 0) is 61.9 Å². The number of ether oxygens (including phenoxy) is 1. The highest BCUT2D eigenvalue weighted by Crippen LogP contribution is 2.40. The van der Waals surface area contributed by atoms with Gasteiger partial charge in [0.15, 0.2) is 15.0 Å². The summed E-state index contributed by atoms with van der Waals surface area (Å²) in [6, 6.07) is 12.5. The molecule has 8 nitrogen and oxygen atoms in total. The van der Waals surface area contributed by atoms with E-state index in [-0.39, 0.29) is 17.4 Å². The fraction of sp³-hybridized carbons (Fsp3) is 0.484. The summed E-state index contributed by atoms with van der Waals surface area (Å²) in [4.78, 5) is 21.2. The van der Waals surface area contributed by atoms with E-state index in [0.717, 1.165) is 45.4 Å². The summed E-state index contributed by atoms with van der Waals surface area (Å²) in [5.74, 6) is 0.535. The largest absolute Gasteiger partial charge is 0.488 e. The average Bonchev–Trinajstić information content (AvgIpc) is 3.42.